The molecule has 6 heteroatoms. The van der Waals surface area contributed by atoms with Gasteiger partial charge in [0.1, 0.15) is 0 Å². The molecule has 0 spiro atoms. The van der Waals surface area contributed by atoms with Crippen molar-refractivity contribution in [3.8, 4) is 0 Å². The summed E-state index contributed by atoms with van der Waals surface area (Å²) in [6.45, 7) is 0. The SMILES string of the molecule is Clc1cc(Br)cc2c1oc1oc3c(Cl)cc(Br)cc3c12. The lowest BCUT2D eigenvalue weighted by Gasteiger charge is -1.97. The van der Waals surface area contributed by atoms with Gasteiger partial charge in [-0.05, 0) is 24.3 Å². The fourth-order valence-electron chi connectivity index (χ4n) is 2.37. The summed E-state index contributed by atoms with van der Waals surface area (Å²) in [6.07, 6.45) is 0. The van der Waals surface area contributed by atoms with Gasteiger partial charge in [0.05, 0.1) is 15.4 Å². The van der Waals surface area contributed by atoms with E-state index in [0.29, 0.717) is 27.0 Å². The summed E-state index contributed by atoms with van der Waals surface area (Å²) in [6, 6.07) is 7.49. The van der Waals surface area contributed by atoms with Gasteiger partial charge >= 0.3 is 0 Å². The van der Waals surface area contributed by atoms with Gasteiger partial charge in [0.15, 0.2) is 11.2 Å². The summed E-state index contributed by atoms with van der Waals surface area (Å²) in [5, 5.41) is 3.74. The second kappa shape index (κ2) is 4.41. The molecule has 0 amide bonds. The van der Waals surface area contributed by atoms with Crippen LogP contribution in [0.15, 0.2) is 42.0 Å². The Morgan fingerprint density at radius 2 is 1.20 bits per heavy atom. The van der Waals surface area contributed by atoms with Crippen LogP contribution in [-0.4, -0.2) is 0 Å². The minimum absolute atomic E-state index is 0.426. The topological polar surface area (TPSA) is 26.3 Å². The average molecular weight is 435 g/mol. The molecule has 2 aromatic heterocycles. The molecule has 4 aromatic rings. The van der Waals surface area contributed by atoms with Crippen molar-refractivity contribution in [3.05, 3.63) is 43.3 Å². The van der Waals surface area contributed by atoms with Gasteiger partial charge in [0.2, 0.25) is 0 Å². The van der Waals surface area contributed by atoms with E-state index in [0.717, 1.165) is 25.1 Å². The molecule has 2 aromatic carbocycles. The van der Waals surface area contributed by atoms with Gasteiger partial charge in [-0.1, -0.05) is 55.1 Å². The molecular weight excluding hydrogens is 431 g/mol. The van der Waals surface area contributed by atoms with E-state index in [1.165, 1.54) is 0 Å². The molecule has 0 N–H and O–H groups in total. The monoisotopic (exact) mass is 432 g/mol. The van der Waals surface area contributed by atoms with Gasteiger partial charge in [0, 0.05) is 19.7 Å². The Morgan fingerprint density at radius 3 is 1.65 bits per heavy atom. The van der Waals surface area contributed by atoms with Crippen LogP contribution in [0.1, 0.15) is 0 Å². The Labute approximate surface area is 139 Å². The van der Waals surface area contributed by atoms with E-state index in [2.05, 4.69) is 31.9 Å². The molecule has 0 aliphatic carbocycles. The lowest BCUT2D eigenvalue weighted by atomic mass is 10.1. The first-order valence-electron chi connectivity index (χ1n) is 5.63. The molecule has 4 rings (SSSR count). The zero-order valence-corrected chi connectivity index (χ0v) is 14.3. The van der Waals surface area contributed by atoms with Gasteiger partial charge in [0.25, 0.3) is 5.78 Å². The van der Waals surface area contributed by atoms with Crippen LogP contribution < -0.4 is 0 Å². The van der Waals surface area contributed by atoms with Gasteiger partial charge < -0.3 is 8.83 Å². The maximum Gasteiger partial charge on any atom is 0.299 e. The highest BCUT2D eigenvalue weighted by atomic mass is 79.9. The fourth-order valence-corrected chi connectivity index (χ4v) is 4.07. The van der Waals surface area contributed by atoms with Gasteiger partial charge in [-0.3, -0.25) is 0 Å². The van der Waals surface area contributed by atoms with Crippen molar-refractivity contribution in [1.82, 2.24) is 0 Å². The van der Waals surface area contributed by atoms with Gasteiger partial charge in [-0.15, -0.1) is 0 Å². The third-order valence-electron chi connectivity index (χ3n) is 3.15. The molecule has 2 nitrogen and oxygen atoms in total. The second-order valence-electron chi connectivity index (χ2n) is 4.40. The van der Waals surface area contributed by atoms with Crippen molar-refractivity contribution in [2.24, 2.45) is 0 Å². The maximum atomic E-state index is 6.20. The zero-order valence-electron chi connectivity index (χ0n) is 9.64. The molecule has 100 valence electrons. The summed E-state index contributed by atoms with van der Waals surface area (Å²) >= 11 is 19.3. The van der Waals surface area contributed by atoms with Crippen LogP contribution in [0.5, 0.6) is 0 Å². The van der Waals surface area contributed by atoms with E-state index in [9.17, 15) is 0 Å². The molecule has 0 aliphatic heterocycles. The predicted octanol–water partition coefficient (Wildman–Crippen LogP) is 7.16. The van der Waals surface area contributed by atoms with Crippen molar-refractivity contribution < 1.29 is 8.83 Å². The lowest BCUT2D eigenvalue weighted by molar-refractivity contribution is 0.524. The van der Waals surface area contributed by atoms with Crippen LogP contribution in [0, 0.1) is 0 Å². The van der Waals surface area contributed by atoms with E-state index in [4.69, 9.17) is 32.0 Å². The number of rotatable bonds is 0. The Morgan fingerprint density at radius 1 is 0.750 bits per heavy atom. The van der Waals surface area contributed by atoms with E-state index >= 15 is 0 Å². The maximum absolute atomic E-state index is 6.20. The largest absolute Gasteiger partial charge is 0.423 e. The van der Waals surface area contributed by atoms with Crippen LogP contribution in [0.4, 0.5) is 0 Å². The Balaban J connectivity index is 2.31. The van der Waals surface area contributed by atoms with Crippen molar-refractivity contribution >= 4 is 88.2 Å². The smallest absolute Gasteiger partial charge is 0.299 e. The van der Waals surface area contributed by atoms with E-state index in [1.807, 2.05) is 12.1 Å². The number of hydrogen-bond donors (Lipinski definition) is 0. The number of furan rings is 2. The van der Waals surface area contributed by atoms with E-state index in [1.54, 1.807) is 12.1 Å². The highest BCUT2D eigenvalue weighted by Gasteiger charge is 2.19. The average Bonchev–Trinajstić information content (AvgIpc) is 2.87. The Bertz CT molecular complexity index is 924. The first kappa shape index (κ1) is 13.0. The molecule has 0 saturated carbocycles. The van der Waals surface area contributed by atoms with Crippen LogP contribution in [-0.2, 0) is 0 Å². The molecular formula is C14H4Br2Cl2O2. The Hall–Kier alpha value is -0.680. The first-order valence-corrected chi connectivity index (χ1v) is 7.97. The Kier molecular flexibility index (Phi) is 2.87. The highest BCUT2D eigenvalue weighted by molar-refractivity contribution is 9.10. The molecule has 0 atom stereocenters. The van der Waals surface area contributed by atoms with Crippen molar-refractivity contribution in [2.45, 2.75) is 0 Å². The number of halogens is 4. The minimum atomic E-state index is 0.426. The quantitative estimate of drug-likeness (QED) is 0.293. The fraction of sp³-hybridized carbons (Fsp3) is 0. The summed E-state index contributed by atoms with van der Waals surface area (Å²) in [5.41, 5.74) is 1.23. The van der Waals surface area contributed by atoms with E-state index in [-0.39, 0.29) is 0 Å². The summed E-state index contributed by atoms with van der Waals surface area (Å²) in [4.78, 5) is 0. The molecule has 0 saturated heterocycles. The van der Waals surface area contributed by atoms with Crippen LogP contribution in [0.3, 0.4) is 0 Å². The van der Waals surface area contributed by atoms with Crippen LogP contribution in [0.25, 0.3) is 33.1 Å². The minimum Gasteiger partial charge on any atom is -0.423 e. The molecule has 0 unspecified atom stereocenters. The number of benzene rings is 2. The zero-order chi connectivity index (χ0) is 14.0. The molecule has 0 fully saturated rings. The normalized spacial score (nSPS) is 12.0. The highest BCUT2D eigenvalue weighted by Crippen LogP contribution is 2.43. The summed E-state index contributed by atoms with van der Waals surface area (Å²) < 4.78 is 13.2. The molecule has 2 heterocycles. The van der Waals surface area contributed by atoms with Crippen molar-refractivity contribution in [3.63, 3.8) is 0 Å². The molecule has 0 bridgehead atoms. The van der Waals surface area contributed by atoms with Crippen LogP contribution in [0.2, 0.25) is 10.0 Å². The lowest BCUT2D eigenvalue weighted by Crippen LogP contribution is -1.73. The molecule has 0 aliphatic rings. The van der Waals surface area contributed by atoms with Crippen molar-refractivity contribution in [2.75, 3.05) is 0 Å². The van der Waals surface area contributed by atoms with Crippen molar-refractivity contribution in [1.29, 1.82) is 0 Å². The van der Waals surface area contributed by atoms with Gasteiger partial charge in [-0.25, -0.2) is 0 Å². The van der Waals surface area contributed by atoms with E-state index < -0.39 is 0 Å². The first-order chi connectivity index (χ1) is 9.54. The number of hydrogen-bond acceptors (Lipinski definition) is 2. The summed E-state index contributed by atoms with van der Waals surface area (Å²) in [5.74, 6) is 0.426. The predicted molar refractivity (Wildman–Crippen MR) is 88.9 cm³/mol. The third-order valence-corrected chi connectivity index (χ3v) is 4.63. The van der Waals surface area contributed by atoms with Gasteiger partial charge in [-0.2, -0.15) is 0 Å². The van der Waals surface area contributed by atoms with Crippen LogP contribution >= 0.6 is 55.1 Å². The third kappa shape index (κ3) is 1.75. The number of fused-ring (bicyclic) bond motifs is 5. The summed E-state index contributed by atoms with van der Waals surface area (Å²) in [7, 11) is 0. The standard InChI is InChI=1S/C14H4Br2Cl2O2/c15-5-1-7-11-8-2-6(16)4-10(18)13(8)20-14(11)19-12(7)9(17)3-5/h1-4H. The molecule has 0 radical (unpaired) electrons. The molecule has 20 heavy (non-hydrogen) atoms. The second-order valence-corrected chi connectivity index (χ2v) is 7.04.